The van der Waals surface area contributed by atoms with E-state index in [9.17, 15) is 9.59 Å². The summed E-state index contributed by atoms with van der Waals surface area (Å²) < 4.78 is 6.42. The molecule has 6 heteroatoms. The Kier molecular flexibility index (Phi) is 7.03. The van der Waals surface area contributed by atoms with Crippen LogP contribution < -0.4 is 15.4 Å². The summed E-state index contributed by atoms with van der Waals surface area (Å²) in [7, 11) is 0. The molecule has 0 unspecified atom stereocenters. The van der Waals surface area contributed by atoms with E-state index in [0.717, 1.165) is 15.6 Å². The number of carbonyl (C=O) groups excluding carboxylic acids is 2. The Bertz CT molecular complexity index is 989. The second-order valence-corrected chi connectivity index (χ2v) is 7.18. The molecule has 29 heavy (non-hydrogen) atoms. The number of amides is 2. The van der Waals surface area contributed by atoms with Crippen LogP contribution in [0.25, 0.3) is 11.1 Å². The van der Waals surface area contributed by atoms with E-state index < -0.39 is 0 Å². The van der Waals surface area contributed by atoms with Crippen LogP contribution in [0.3, 0.4) is 0 Å². The van der Waals surface area contributed by atoms with Gasteiger partial charge in [-0.15, -0.1) is 0 Å². The van der Waals surface area contributed by atoms with Gasteiger partial charge in [0, 0.05) is 17.8 Å². The van der Waals surface area contributed by atoms with Crippen molar-refractivity contribution in [2.75, 3.05) is 17.2 Å². The molecule has 3 aromatic carbocycles. The lowest BCUT2D eigenvalue weighted by Crippen LogP contribution is -2.20. The highest BCUT2D eigenvalue weighted by Gasteiger charge is 2.08. The van der Waals surface area contributed by atoms with Crippen LogP contribution in [0.5, 0.6) is 5.75 Å². The van der Waals surface area contributed by atoms with E-state index in [1.807, 2.05) is 48.5 Å². The Morgan fingerprint density at radius 1 is 0.828 bits per heavy atom. The van der Waals surface area contributed by atoms with Gasteiger partial charge in [0.2, 0.25) is 5.91 Å². The Morgan fingerprint density at radius 3 is 2.03 bits per heavy atom. The summed E-state index contributed by atoms with van der Waals surface area (Å²) in [5.74, 6) is 0.269. The molecule has 0 radical (unpaired) electrons. The van der Waals surface area contributed by atoms with E-state index in [0.29, 0.717) is 23.5 Å². The van der Waals surface area contributed by atoms with Crippen molar-refractivity contribution in [1.29, 1.82) is 0 Å². The Balaban J connectivity index is 1.54. The van der Waals surface area contributed by atoms with Gasteiger partial charge in [-0.05, 0) is 63.5 Å². The van der Waals surface area contributed by atoms with Gasteiger partial charge in [0.05, 0.1) is 4.47 Å². The second-order valence-electron chi connectivity index (χ2n) is 6.33. The summed E-state index contributed by atoms with van der Waals surface area (Å²) in [5.41, 5.74) is 3.49. The number of ether oxygens (including phenoxy) is 1. The van der Waals surface area contributed by atoms with Gasteiger partial charge in [-0.2, -0.15) is 0 Å². The lowest BCUT2D eigenvalue weighted by atomic mass is 10.1. The molecule has 0 heterocycles. The van der Waals surface area contributed by atoms with Crippen LogP contribution in [0.4, 0.5) is 11.4 Å². The van der Waals surface area contributed by atoms with Crippen LogP contribution >= 0.6 is 15.9 Å². The van der Waals surface area contributed by atoms with Crippen LogP contribution in [0.1, 0.15) is 13.3 Å². The molecule has 0 spiro atoms. The maximum absolute atomic E-state index is 12.2. The maximum atomic E-state index is 12.2. The van der Waals surface area contributed by atoms with E-state index in [2.05, 4.69) is 26.6 Å². The molecule has 0 aliphatic rings. The molecule has 0 atom stereocenters. The Morgan fingerprint density at radius 2 is 1.45 bits per heavy atom. The molecule has 3 aromatic rings. The third kappa shape index (κ3) is 5.93. The monoisotopic (exact) mass is 452 g/mol. The van der Waals surface area contributed by atoms with E-state index in [-0.39, 0.29) is 18.4 Å². The minimum atomic E-state index is -0.269. The quantitative estimate of drug-likeness (QED) is 0.498. The molecule has 0 saturated heterocycles. The number of benzene rings is 3. The fourth-order valence-corrected chi connectivity index (χ4v) is 3.15. The van der Waals surface area contributed by atoms with Gasteiger partial charge < -0.3 is 15.4 Å². The standard InChI is InChI=1S/C23H21BrN2O3/c1-2-22(27)25-18-9-11-19(12-10-18)26-23(28)15-29-21-13-8-17(14-20(21)24)16-6-4-3-5-7-16/h3-14H,2,15H2,1H3,(H,25,27)(H,26,28). The minimum absolute atomic E-state index is 0.0564. The highest BCUT2D eigenvalue weighted by atomic mass is 79.9. The van der Waals surface area contributed by atoms with Crippen molar-refractivity contribution in [3.05, 3.63) is 77.3 Å². The van der Waals surface area contributed by atoms with Gasteiger partial charge >= 0.3 is 0 Å². The first-order valence-corrected chi connectivity index (χ1v) is 10.0. The van der Waals surface area contributed by atoms with E-state index in [1.165, 1.54) is 0 Å². The Labute approximate surface area is 178 Å². The van der Waals surface area contributed by atoms with Gasteiger partial charge in [0.25, 0.3) is 5.91 Å². The third-order valence-electron chi connectivity index (χ3n) is 4.17. The number of halogens is 1. The number of hydrogen-bond donors (Lipinski definition) is 2. The maximum Gasteiger partial charge on any atom is 0.262 e. The highest BCUT2D eigenvalue weighted by Crippen LogP contribution is 2.30. The minimum Gasteiger partial charge on any atom is -0.483 e. The van der Waals surface area contributed by atoms with Gasteiger partial charge in [0.1, 0.15) is 5.75 Å². The first-order valence-electron chi connectivity index (χ1n) is 9.22. The normalized spacial score (nSPS) is 10.3. The number of nitrogens with one attached hydrogen (secondary N) is 2. The summed E-state index contributed by atoms with van der Waals surface area (Å²) >= 11 is 3.50. The smallest absolute Gasteiger partial charge is 0.262 e. The molecule has 2 amide bonds. The molecule has 0 saturated carbocycles. The molecule has 2 N–H and O–H groups in total. The van der Waals surface area contributed by atoms with Crippen LogP contribution in [0.15, 0.2) is 77.3 Å². The van der Waals surface area contributed by atoms with E-state index in [4.69, 9.17) is 4.74 Å². The fraction of sp³-hybridized carbons (Fsp3) is 0.130. The van der Waals surface area contributed by atoms with E-state index in [1.54, 1.807) is 31.2 Å². The molecule has 5 nitrogen and oxygen atoms in total. The predicted molar refractivity (Wildman–Crippen MR) is 119 cm³/mol. The molecule has 0 aliphatic heterocycles. The summed E-state index contributed by atoms with van der Waals surface area (Å²) in [5, 5.41) is 5.53. The van der Waals surface area contributed by atoms with Crippen LogP contribution in [0, 0.1) is 0 Å². The lowest BCUT2D eigenvalue weighted by molar-refractivity contribution is -0.118. The van der Waals surface area contributed by atoms with Gasteiger partial charge in [-0.1, -0.05) is 43.3 Å². The zero-order valence-corrected chi connectivity index (χ0v) is 17.5. The SMILES string of the molecule is CCC(=O)Nc1ccc(NC(=O)COc2ccc(-c3ccccc3)cc2Br)cc1. The van der Waals surface area contributed by atoms with Crippen molar-refractivity contribution in [2.24, 2.45) is 0 Å². The van der Waals surface area contributed by atoms with Crippen molar-refractivity contribution in [3.8, 4) is 16.9 Å². The average molecular weight is 453 g/mol. The largest absolute Gasteiger partial charge is 0.483 e. The number of rotatable bonds is 7. The van der Waals surface area contributed by atoms with Crippen molar-refractivity contribution < 1.29 is 14.3 Å². The zero-order chi connectivity index (χ0) is 20.6. The number of anilines is 2. The lowest BCUT2D eigenvalue weighted by Gasteiger charge is -2.11. The number of carbonyl (C=O) groups is 2. The zero-order valence-electron chi connectivity index (χ0n) is 15.9. The molecular weight excluding hydrogens is 432 g/mol. The topological polar surface area (TPSA) is 67.4 Å². The van der Waals surface area contributed by atoms with Gasteiger partial charge in [-0.3, -0.25) is 9.59 Å². The van der Waals surface area contributed by atoms with Crippen molar-refractivity contribution in [3.63, 3.8) is 0 Å². The molecule has 3 rings (SSSR count). The molecule has 0 aliphatic carbocycles. The van der Waals surface area contributed by atoms with E-state index >= 15 is 0 Å². The van der Waals surface area contributed by atoms with Gasteiger partial charge in [0.15, 0.2) is 6.61 Å². The average Bonchev–Trinajstić information content (AvgIpc) is 2.74. The third-order valence-corrected chi connectivity index (χ3v) is 4.79. The summed E-state index contributed by atoms with van der Waals surface area (Å²) in [6, 6.07) is 22.7. The van der Waals surface area contributed by atoms with Crippen molar-refractivity contribution in [1.82, 2.24) is 0 Å². The summed E-state index contributed by atoms with van der Waals surface area (Å²) in [6.45, 7) is 1.68. The molecule has 0 aromatic heterocycles. The molecule has 0 fully saturated rings. The van der Waals surface area contributed by atoms with Crippen LogP contribution in [-0.4, -0.2) is 18.4 Å². The Hall–Kier alpha value is -3.12. The summed E-state index contributed by atoms with van der Waals surface area (Å²) in [4.78, 5) is 23.6. The van der Waals surface area contributed by atoms with Crippen molar-refractivity contribution in [2.45, 2.75) is 13.3 Å². The van der Waals surface area contributed by atoms with Crippen LogP contribution in [0.2, 0.25) is 0 Å². The summed E-state index contributed by atoms with van der Waals surface area (Å²) in [6.07, 6.45) is 0.414. The first-order chi connectivity index (χ1) is 14.0. The number of hydrogen-bond acceptors (Lipinski definition) is 3. The highest BCUT2D eigenvalue weighted by molar-refractivity contribution is 9.10. The second kappa shape index (κ2) is 9.89. The molecular formula is C23H21BrN2O3. The molecule has 0 bridgehead atoms. The fourth-order valence-electron chi connectivity index (χ4n) is 2.65. The van der Waals surface area contributed by atoms with Crippen molar-refractivity contribution >= 4 is 39.1 Å². The predicted octanol–water partition coefficient (Wildman–Crippen LogP) is 5.48. The first kappa shape index (κ1) is 20.6. The molecule has 148 valence electrons. The van der Waals surface area contributed by atoms with Gasteiger partial charge in [-0.25, -0.2) is 0 Å². The van der Waals surface area contributed by atoms with Crippen LogP contribution in [-0.2, 0) is 9.59 Å².